The minimum atomic E-state index is -0.412. The van der Waals surface area contributed by atoms with Crippen LogP contribution in [0.1, 0.15) is 12.8 Å². The first-order chi connectivity index (χ1) is 14.3. The van der Waals surface area contributed by atoms with Gasteiger partial charge in [-0.25, -0.2) is 9.18 Å². The van der Waals surface area contributed by atoms with Gasteiger partial charge in [0.15, 0.2) is 0 Å². The second kappa shape index (κ2) is 9.66. The number of carbonyl (C=O) groups excluding carboxylic acids is 4. The smallest absolute Gasteiger partial charge is 0.326 e. The van der Waals surface area contributed by atoms with Gasteiger partial charge in [-0.1, -0.05) is 6.07 Å². The van der Waals surface area contributed by atoms with Crippen molar-refractivity contribution in [2.45, 2.75) is 12.8 Å². The zero-order valence-corrected chi connectivity index (χ0v) is 17.0. The maximum atomic E-state index is 13.2. The Morgan fingerprint density at radius 3 is 2.50 bits per heavy atom. The number of nitrogens with zero attached hydrogens (tertiary/aromatic N) is 4. The van der Waals surface area contributed by atoms with Crippen molar-refractivity contribution in [1.82, 2.24) is 19.6 Å². The van der Waals surface area contributed by atoms with E-state index in [1.165, 1.54) is 28.0 Å². The molecule has 0 atom stereocenters. The van der Waals surface area contributed by atoms with E-state index in [4.69, 9.17) is 0 Å². The number of carbonyl (C=O) groups is 4. The maximum absolute atomic E-state index is 13.2. The Labute approximate surface area is 174 Å². The first kappa shape index (κ1) is 21.7. The van der Waals surface area contributed by atoms with Gasteiger partial charge >= 0.3 is 6.03 Å². The normalized spacial score (nSPS) is 17.6. The SMILES string of the molecule is CN1CC(=O)N(CCCC(=O)N2CCN(CC(=O)Nc3cccc(F)c3)CC2)C1=O. The first-order valence-corrected chi connectivity index (χ1v) is 9.94. The lowest BCUT2D eigenvalue weighted by molar-refractivity contribution is -0.133. The molecule has 30 heavy (non-hydrogen) atoms. The molecule has 1 aromatic carbocycles. The fraction of sp³-hybridized carbons (Fsp3) is 0.500. The Morgan fingerprint density at radius 2 is 1.87 bits per heavy atom. The van der Waals surface area contributed by atoms with Crippen molar-refractivity contribution >= 4 is 29.4 Å². The molecule has 0 aliphatic carbocycles. The van der Waals surface area contributed by atoms with Crippen LogP contribution < -0.4 is 5.32 Å². The van der Waals surface area contributed by atoms with Crippen LogP contribution in [-0.4, -0.2) is 96.2 Å². The Kier molecular flexibility index (Phi) is 6.99. The average Bonchev–Trinajstić information content (AvgIpc) is 2.94. The number of halogens is 1. The third-order valence-electron chi connectivity index (χ3n) is 5.20. The van der Waals surface area contributed by atoms with Crippen molar-refractivity contribution < 1.29 is 23.6 Å². The highest BCUT2D eigenvalue weighted by Crippen LogP contribution is 2.12. The van der Waals surface area contributed by atoms with E-state index < -0.39 is 5.82 Å². The Morgan fingerprint density at radius 1 is 1.13 bits per heavy atom. The minimum Gasteiger partial charge on any atom is -0.340 e. The van der Waals surface area contributed by atoms with Crippen LogP contribution in [0.5, 0.6) is 0 Å². The van der Waals surface area contributed by atoms with Crippen molar-refractivity contribution in [3.63, 3.8) is 0 Å². The van der Waals surface area contributed by atoms with E-state index in [1.807, 2.05) is 4.90 Å². The molecule has 0 radical (unpaired) electrons. The van der Waals surface area contributed by atoms with Gasteiger partial charge in [-0.05, 0) is 24.6 Å². The molecule has 9 nitrogen and oxygen atoms in total. The number of nitrogens with one attached hydrogen (secondary N) is 1. The lowest BCUT2D eigenvalue weighted by Crippen LogP contribution is -2.50. The number of rotatable bonds is 7. The van der Waals surface area contributed by atoms with Crippen molar-refractivity contribution in [3.8, 4) is 0 Å². The molecular weight excluding hydrogens is 393 g/mol. The number of hydrogen-bond donors (Lipinski definition) is 1. The fourth-order valence-electron chi connectivity index (χ4n) is 3.56. The summed E-state index contributed by atoms with van der Waals surface area (Å²) in [4.78, 5) is 54.3. The summed E-state index contributed by atoms with van der Waals surface area (Å²) in [6.07, 6.45) is 0.696. The number of benzene rings is 1. The topological polar surface area (TPSA) is 93.3 Å². The number of piperazine rings is 1. The highest BCUT2D eigenvalue weighted by atomic mass is 19.1. The molecule has 5 amide bonds. The number of urea groups is 1. The largest absolute Gasteiger partial charge is 0.340 e. The molecule has 2 fully saturated rings. The van der Waals surface area contributed by atoms with Gasteiger partial charge in [-0.3, -0.25) is 24.2 Å². The summed E-state index contributed by atoms with van der Waals surface area (Å²) >= 11 is 0. The Hall–Kier alpha value is -3.01. The van der Waals surface area contributed by atoms with E-state index >= 15 is 0 Å². The van der Waals surface area contributed by atoms with Crippen molar-refractivity contribution in [2.75, 3.05) is 58.2 Å². The quantitative estimate of drug-likeness (QED) is 0.653. The molecule has 0 bridgehead atoms. The number of amides is 5. The van der Waals surface area contributed by atoms with E-state index in [0.717, 1.165) is 0 Å². The summed E-state index contributed by atoms with van der Waals surface area (Å²) < 4.78 is 13.2. The van der Waals surface area contributed by atoms with E-state index in [9.17, 15) is 23.6 Å². The van der Waals surface area contributed by atoms with E-state index in [1.54, 1.807) is 18.0 Å². The number of hydrogen-bond acceptors (Lipinski definition) is 5. The zero-order valence-electron chi connectivity index (χ0n) is 17.0. The third kappa shape index (κ3) is 5.53. The zero-order chi connectivity index (χ0) is 21.7. The van der Waals surface area contributed by atoms with Crippen LogP contribution in [0.15, 0.2) is 24.3 Å². The second-order valence-electron chi connectivity index (χ2n) is 7.50. The molecule has 3 rings (SSSR count). The standard InChI is InChI=1S/C20H26FN5O4/c1-23-14-19(29)26(20(23)30)7-3-6-18(28)25-10-8-24(9-11-25)13-17(27)22-16-5-2-4-15(21)12-16/h2,4-5,12H,3,6-11,13-14H2,1H3,(H,22,27). The molecule has 2 heterocycles. The van der Waals surface area contributed by atoms with Gasteiger partial charge in [0.2, 0.25) is 17.7 Å². The van der Waals surface area contributed by atoms with Gasteiger partial charge in [-0.2, -0.15) is 0 Å². The lowest BCUT2D eigenvalue weighted by atomic mass is 10.2. The van der Waals surface area contributed by atoms with Gasteiger partial charge in [-0.15, -0.1) is 0 Å². The molecule has 2 aliphatic heterocycles. The van der Waals surface area contributed by atoms with Crippen molar-refractivity contribution in [2.24, 2.45) is 0 Å². The van der Waals surface area contributed by atoms with Crippen LogP contribution in [-0.2, 0) is 14.4 Å². The van der Waals surface area contributed by atoms with Crippen LogP contribution >= 0.6 is 0 Å². The molecule has 1 aromatic rings. The van der Waals surface area contributed by atoms with Crippen LogP contribution in [0, 0.1) is 5.82 Å². The summed E-state index contributed by atoms with van der Waals surface area (Å²) in [7, 11) is 1.57. The number of likely N-dealkylation sites (N-methyl/N-ethyl adjacent to an activating group) is 1. The molecular formula is C20H26FN5O4. The summed E-state index contributed by atoms with van der Waals surface area (Å²) in [5, 5.41) is 2.66. The molecule has 0 spiro atoms. The summed E-state index contributed by atoms with van der Waals surface area (Å²) in [5.74, 6) is -0.901. The van der Waals surface area contributed by atoms with Crippen LogP contribution in [0.25, 0.3) is 0 Å². The molecule has 2 saturated heterocycles. The second-order valence-corrected chi connectivity index (χ2v) is 7.50. The average molecular weight is 419 g/mol. The maximum Gasteiger partial charge on any atom is 0.326 e. The number of imide groups is 1. The van der Waals surface area contributed by atoms with Crippen LogP contribution in [0.3, 0.4) is 0 Å². The molecule has 1 N–H and O–H groups in total. The van der Waals surface area contributed by atoms with Gasteiger partial charge in [0.1, 0.15) is 12.4 Å². The molecule has 2 aliphatic rings. The van der Waals surface area contributed by atoms with Gasteiger partial charge in [0, 0.05) is 51.9 Å². The Balaban J connectivity index is 1.35. The van der Waals surface area contributed by atoms with E-state index in [-0.39, 0.29) is 49.8 Å². The lowest BCUT2D eigenvalue weighted by Gasteiger charge is -2.34. The van der Waals surface area contributed by atoms with E-state index in [2.05, 4.69) is 5.32 Å². The molecule has 0 aromatic heterocycles. The van der Waals surface area contributed by atoms with Crippen molar-refractivity contribution in [3.05, 3.63) is 30.1 Å². The van der Waals surface area contributed by atoms with Crippen LogP contribution in [0.4, 0.5) is 14.9 Å². The molecule has 162 valence electrons. The first-order valence-electron chi connectivity index (χ1n) is 9.94. The van der Waals surface area contributed by atoms with Crippen molar-refractivity contribution in [1.29, 1.82) is 0 Å². The predicted molar refractivity (Wildman–Crippen MR) is 107 cm³/mol. The summed E-state index contributed by atoms with van der Waals surface area (Å²) in [6, 6.07) is 5.40. The molecule has 0 unspecified atom stereocenters. The van der Waals surface area contributed by atoms with Gasteiger partial charge in [0.05, 0.1) is 6.54 Å². The van der Waals surface area contributed by atoms with E-state index in [0.29, 0.717) is 38.3 Å². The van der Waals surface area contributed by atoms with Crippen LogP contribution in [0.2, 0.25) is 0 Å². The van der Waals surface area contributed by atoms with Gasteiger partial charge < -0.3 is 15.1 Å². The third-order valence-corrected chi connectivity index (χ3v) is 5.20. The predicted octanol–water partition coefficient (Wildman–Crippen LogP) is 0.583. The monoisotopic (exact) mass is 419 g/mol. The fourth-order valence-corrected chi connectivity index (χ4v) is 3.56. The molecule has 10 heteroatoms. The summed E-state index contributed by atoms with van der Waals surface area (Å²) in [6.45, 7) is 2.65. The van der Waals surface area contributed by atoms with Gasteiger partial charge in [0.25, 0.3) is 0 Å². The highest BCUT2D eigenvalue weighted by molar-refractivity contribution is 6.01. The number of anilines is 1. The Bertz CT molecular complexity index is 825. The molecule has 0 saturated carbocycles. The summed E-state index contributed by atoms with van der Waals surface area (Å²) in [5.41, 5.74) is 0.412. The minimum absolute atomic E-state index is 0.0219. The highest BCUT2D eigenvalue weighted by Gasteiger charge is 2.33.